The van der Waals surface area contributed by atoms with E-state index in [2.05, 4.69) is 5.32 Å². The van der Waals surface area contributed by atoms with Crippen molar-refractivity contribution in [3.63, 3.8) is 0 Å². The highest BCUT2D eigenvalue weighted by molar-refractivity contribution is 6.10. The van der Waals surface area contributed by atoms with E-state index in [0.29, 0.717) is 24.1 Å². The van der Waals surface area contributed by atoms with Gasteiger partial charge in [-0.3, -0.25) is 24.1 Å². The monoisotopic (exact) mass is 340 g/mol. The lowest BCUT2D eigenvalue weighted by atomic mass is 9.85. The SMILES string of the molecule is CC(=O)c1cccc(NC(=O)[C@H](C)N2C(=O)[C@H]3CC=CC[C@H]3C2=O)c1. The van der Waals surface area contributed by atoms with E-state index in [-0.39, 0.29) is 29.4 Å². The van der Waals surface area contributed by atoms with E-state index in [0.717, 1.165) is 4.90 Å². The molecule has 25 heavy (non-hydrogen) atoms. The number of imide groups is 1. The summed E-state index contributed by atoms with van der Waals surface area (Å²) in [6.07, 6.45) is 4.91. The Kier molecular flexibility index (Phi) is 4.53. The number of carbonyl (C=O) groups excluding carboxylic acids is 4. The number of nitrogens with one attached hydrogen (secondary N) is 1. The van der Waals surface area contributed by atoms with E-state index in [1.54, 1.807) is 31.2 Å². The summed E-state index contributed by atoms with van der Waals surface area (Å²) in [4.78, 5) is 50.1. The molecule has 3 rings (SSSR count). The fourth-order valence-electron chi connectivity index (χ4n) is 3.39. The molecule has 0 saturated carbocycles. The molecule has 1 fully saturated rings. The van der Waals surface area contributed by atoms with E-state index >= 15 is 0 Å². The molecule has 130 valence electrons. The number of carbonyl (C=O) groups is 4. The Hall–Kier alpha value is -2.76. The third-order valence-corrected chi connectivity index (χ3v) is 4.85. The van der Waals surface area contributed by atoms with Crippen LogP contribution in [-0.4, -0.2) is 34.4 Å². The Morgan fingerprint density at radius 2 is 1.72 bits per heavy atom. The van der Waals surface area contributed by atoms with Gasteiger partial charge in [0.05, 0.1) is 11.8 Å². The summed E-state index contributed by atoms with van der Waals surface area (Å²) < 4.78 is 0. The molecule has 0 unspecified atom stereocenters. The standard InChI is InChI=1S/C19H20N2O4/c1-11(17(23)20-14-7-5-6-13(10-14)12(2)22)21-18(24)15-8-3-4-9-16(15)19(21)25/h3-7,10-11,15-16H,8-9H2,1-2H3,(H,20,23)/t11-,15-,16+/m0/s1. The summed E-state index contributed by atoms with van der Waals surface area (Å²) in [5.74, 6) is -1.82. The number of benzene rings is 1. The second kappa shape index (κ2) is 6.63. The lowest BCUT2D eigenvalue weighted by Crippen LogP contribution is -2.46. The molecular formula is C19H20N2O4. The maximum atomic E-state index is 12.5. The van der Waals surface area contributed by atoms with Crippen molar-refractivity contribution in [3.8, 4) is 0 Å². The number of anilines is 1. The molecule has 6 nitrogen and oxygen atoms in total. The minimum Gasteiger partial charge on any atom is -0.324 e. The molecular weight excluding hydrogens is 320 g/mol. The fraction of sp³-hybridized carbons (Fsp3) is 0.368. The summed E-state index contributed by atoms with van der Waals surface area (Å²) in [7, 11) is 0. The van der Waals surface area contributed by atoms with Crippen molar-refractivity contribution in [2.24, 2.45) is 11.8 Å². The van der Waals surface area contributed by atoms with Gasteiger partial charge in [0.25, 0.3) is 0 Å². The fourth-order valence-corrected chi connectivity index (χ4v) is 3.39. The summed E-state index contributed by atoms with van der Waals surface area (Å²) in [6.45, 7) is 2.99. The first kappa shape index (κ1) is 17.1. The molecule has 1 aliphatic heterocycles. The lowest BCUT2D eigenvalue weighted by molar-refractivity contribution is -0.146. The number of rotatable bonds is 4. The van der Waals surface area contributed by atoms with Crippen LogP contribution >= 0.6 is 0 Å². The topological polar surface area (TPSA) is 83.6 Å². The van der Waals surface area contributed by atoms with Gasteiger partial charge < -0.3 is 5.32 Å². The van der Waals surface area contributed by atoms with Crippen LogP contribution in [0.5, 0.6) is 0 Å². The number of amides is 3. The zero-order valence-corrected chi connectivity index (χ0v) is 14.2. The van der Waals surface area contributed by atoms with Crippen molar-refractivity contribution in [2.45, 2.75) is 32.7 Å². The highest BCUT2D eigenvalue weighted by atomic mass is 16.2. The lowest BCUT2D eigenvalue weighted by Gasteiger charge is -2.22. The second-order valence-corrected chi connectivity index (χ2v) is 6.50. The van der Waals surface area contributed by atoms with Gasteiger partial charge in [0.2, 0.25) is 17.7 Å². The number of nitrogens with zero attached hydrogens (tertiary/aromatic N) is 1. The van der Waals surface area contributed by atoms with Gasteiger partial charge >= 0.3 is 0 Å². The van der Waals surface area contributed by atoms with Crippen LogP contribution in [0.4, 0.5) is 5.69 Å². The molecule has 0 radical (unpaired) electrons. The van der Waals surface area contributed by atoms with Gasteiger partial charge in [-0.25, -0.2) is 0 Å². The average molecular weight is 340 g/mol. The van der Waals surface area contributed by atoms with Gasteiger partial charge in [0, 0.05) is 11.3 Å². The number of allylic oxidation sites excluding steroid dienone is 2. The summed E-state index contributed by atoms with van der Waals surface area (Å²) in [6, 6.07) is 5.67. The van der Waals surface area contributed by atoms with Crippen LogP contribution in [0.25, 0.3) is 0 Å². The molecule has 1 saturated heterocycles. The summed E-state index contributed by atoms with van der Waals surface area (Å²) >= 11 is 0. The first-order valence-corrected chi connectivity index (χ1v) is 8.34. The van der Waals surface area contributed by atoms with Crippen molar-refractivity contribution in [1.29, 1.82) is 0 Å². The predicted molar refractivity (Wildman–Crippen MR) is 91.7 cm³/mol. The highest BCUT2D eigenvalue weighted by Crippen LogP contribution is 2.36. The maximum absolute atomic E-state index is 12.5. The van der Waals surface area contributed by atoms with E-state index in [1.807, 2.05) is 12.2 Å². The molecule has 6 heteroatoms. The zero-order valence-electron chi connectivity index (χ0n) is 14.2. The number of hydrogen-bond acceptors (Lipinski definition) is 4. The first-order chi connectivity index (χ1) is 11.9. The normalized spacial score (nSPS) is 23.4. The molecule has 0 spiro atoms. The van der Waals surface area contributed by atoms with Crippen molar-refractivity contribution in [3.05, 3.63) is 42.0 Å². The van der Waals surface area contributed by atoms with Crippen LogP contribution in [-0.2, 0) is 14.4 Å². The second-order valence-electron chi connectivity index (χ2n) is 6.50. The Morgan fingerprint density at radius 3 is 2.28 bits per heavy atom. The smallest absolute Gasteiger partial charge is 0.247 e. The Labute approximate surface area is 145 Å². The molecule has 0 bridgehead atoms. The number of hydrogen-bond donors (Lipinski definition) is 1. The van der Waals surface area contributed by atoms with Gasteiger partial charge in [-0.1, -0.05) is 24.3 Å². The Bertz CT molecular complexity index is 757. The molecule has 1 aliphatic carbocycles. The maximum Gasteiger partial charge on any atom is 0.247 e. The number of likely N-dealkylation sites (tertiary alicyclic amines) is 1. The molecule has 3 amide bonds. The Balaban J connectivity index is 1.74. The number of ketones is 1. The van der Waals surface area contributed by atoms with Crippen molar-refractivity contribution >= 4 is 29.2 Å². The van der Waals surface area contributed by atoms with Crippen molar-refractivity contribution in [2.75, 3.05) is 5.32 Å². The molecule has 1 aromatic carbocycles. The number of fused-ring (bicyclic) bond motifs is 1. The van der Waals surface area contributed by atoms with Crippen LogP contribution < -0.4 is 5.32 Å². The third kappa shape index (κ3) is 3.12. The van der Waals surface area contributed by atoms with Gasteiger partial charge in [0.15, 0.2) is 5.78 Å². The molecule has 1 N–H and O–H groups in total. The quantitative estimate of drug-likeness (QED) is 0.517. The minimum atomic E-state index is -0.897. The van der Waals surface area contributed by atoms with E-state index in [4.69, 9.17) is 0 Å². The van der Waals surface area contributed by atoms with E-state index in [9.17, 15) is 19.2 Å². The largest absolute Gasteiger partial charge is 0.324 e. The van der Waals surface area contributed by atoms with Crippen molar-refractivity contribution < 1.29 is 19.2 Å². The zero-order chi connectivity index (χ0) is 18.1. The van der Waals surface area contributed by atoms with Crippen LogP contribution in [0.1, 0.15) is 37.0 Å². The van der Waals surface area contributed by atoms with Crippen molar-refractivity contribution in [1.82, 2.24) is 4.90 Å². The summed E-state index contributed by atoms with van der Waals surface area (Å²) in [5.41, 5.74) is 0.943. The van der Waals surface area contributed by atoms with Crippen LogP contribution in [0.3, 0.4) is 0 Å². The van der Waals surface area contributed by atoms with Gasteiger partial charge in [-0.15, -0.1) is 0 Å². The van der Waals surface area contributed by atoms with Gasteiger partial charge in [0.1, 0.15) is 6.04 Å². The predicted octanol–water partition coefficient (Wildman–Crippen LogP) is 2.17. The van der Waals surface area contributed by atoms with Gasteiger partial charge in [-0.2, -0.15) is 0 Å². The minimum absolute atomic E-state index is 0.106. The van der Waals surface area contributed by atoms with E-state index < -0.39 is 11.9 Å². The molecule has 2 aliphatic rings. The molecule has 1 aromatic rings. The van der Waals surface area contributed by atoms with Crippen LogP contribution in [0, 0.1) is 11.8 Å². The van der Waals surface area contributed by atoms with Crippen LogP contribution in [0.2, 0.25) is 0 Å². The van der Waals surface area contributed by atoms with E-state index in [1.165, 1.54) is 6.92 Å². The number of Topliss-reactive ketones (excluding diaryl/α,β-unsaturated/α-hetero) is 1. The van der Waals surface area contributed by atoms with Crippen LogP contribution in [0.15, 0.2) is 36.4 Å². The van der Waals surface area contributed by atoms with Gasteiger partial charge in [-0.05, 0) is 38.8 Å². The Morgan fingerprint density at radius 1 is 1.12 bits per heavy atom. The highest BCUT2D eigenvalue weighted by Gasteiger charge is 2.50. The first-order valence-electron chi connectivity index (χ1n) is 8.34. The molecule has 0 aromatic heterocycles. The third-order valence-electron chi connectivity index (χ3n) is 4.85. The summed E-state index contributed by atoms with van der Waals surface area (Å²) in [5, 5.41) is 2.68. The molecule has 1 heterocycles. The molecule has 3 atom stereocenters. The average Bonchev–Trinajstić information content (AvgIpc) is 2.86.